The van der Waals surface area contributed by atoms with Gasteiger partial charge in [0, 0.05) is 16.7 Å². The summed E-state index contributed by atoms with van der Waals surface area (Å²) in [5.74, 6) is -0.123. The average Bonchev–Trinajstić information content (AvgIpc) is 2.69. The Morgan fingerprint density at radius 2 is 1.93 bits per heavy atom. The van der Waals surface area contributed by atoms with E-state index in [1.807, 2.05) is 50.2 Å². The average molecular weight is 460 g/mol. The summed E-state index contributed by atoms with van der Waals surface area (Å²) in [6.45, 7) is 6.30. The zero-order valence-corrected chi connectivity index (χ0v) is 18.4. The Morgan fingerprint density at radius 3 is 2.57 bits per heavy atom. The summed E-state index contributed by atoms with van der Waals surface area (Å²) in [5.41, 5.74) is 2.51. The summed E-state index contributed by atoms with van der Waals surface area (Å²) in [4.78, 5) is 30.1. The Bertz CT molecular complexity index is 1060. The van der Waals surface area contributed by atoms with Crippen LogP contribution < -0.4 is 10.9 Å². The van der Waals surface area contributed by atoms with E-state index in [-0.39, 0.29) is 11.5 Å². The molecule has 5 nitrogen and oxygen atoms in total. The maximum atomic E-state index is 12.8. The van der Waals surface area contributed by atoms with Crippen LogP contribution in [0.5, 0.6) is 0 Å². The number of aryl methyl sites for hydroxylation is 1. The van der Waals surface area contributed by atoms with Gasteiger partial charge in [-0.15, -0.1) is 0 Å². The maximum Gasteiger partial charge on any atom is 0.262 e. The number of hydrogen-bond donors (Lipinski definition) is 1. The van der Waals surface area contributed by atoms with Gasteiger partial charge in [-0.2, -0.15) is 0 Å². The molecule has 1 atom stereocenters. The molecule has 3 aromatic rings. The molecule has 0 bridgehead atoms. The number of thioether (sulfide) groups is 1. The third-order valence-corrected chi connectivity index (χ3v) is 6.06. The molecule has 3 rings (SSSR count). The zero-order valence-electron chi connectivity index (χ0n) is 16.0. The van der Waals surface area contributed by atoms with Gasteiger partial charge >= 0.3 is 0 Å². The number of amides is 1. The minimum atomic E-state index is -0.400. The van der Waals surface area contributed by atoms with Crippen molar-refractivity contribution in [1.29, 1.82) is 0 Å². The zero-order chi connectivity index (χ0) is 20.3. The Kier molecular flexibility index (Phi) is 6.57. The Hall–Kier alpha value is -2.12. The predicted octanol–water partition coefficient (Wildman–Crippen LogP) is 4.86. The summed E-state index contributed by atoms with van der Waals surface area (Å²) < 4.78 is 2.45. The second-order valence-corrected chi connectivity index (χ2v) is 8.63. The van der Waals surface area contributed by atoms with Crippen molar-refractivity contribution in [2.45, 2.75) is 44.1 Å². The van der Waals surface area contributed by atoms with Crippen LogP contribution in [-0.4, -0.2) is 20.7 Å². The highest BCUT2D eigenvalue weighted by atomic mass is 79.9. The number of aromatic nitrogens is 2. The summed E-state index contributed by atoms with van der Waals surface area (Å²) in [7, 11) is 0. The monoisotopic (exact) mass is 459 g/mol. The lowest BCUT2D eigenvalue weighted by atomic mass is 10.1. The van der Waals surface area contributed by atoms with Crippen molar-refractivity contribution in [2.75, 3.05) is 5.32 Å². The van der Waals surface area contributed by atoms with Crippen molar-refractivity contribution >= 4 is 50.2 Å². The molecule has 0 saturated carbocycles. The van der Waals surface area contributed by atoms with Crippen LogP contribution in [0, 0.1) is 0 Å². The summed E-state index contributed by atoms with van der Waals surface area (Å²) in [6, 6.07) is 13.3. The van der Waals surface area contributed by atoms with Gasteiger partial charge in [-0.3, -0.25) is 14.2 Å². The molecule has 2 aromatic carbocycles. The smallest absolute Gasteiger partial charge is 0.262 e. The van der Waals surface area contributed by atoms with Crippen molar-refractivity contribution in [3.8, 4) is 0 Å². The van der Waals surface area contributed by atoms with Crippen LogP contribution in [0.25, 0.3) is 10.9 Å². The molecule has 0 aliphatic rings. The lowest BCUT2D eigenvalue weighted by molar-refractivity contribution is -0.115. The number of fused-ring (bicyclic) bond motifs is 1. The normalized spacial score (nSPS) is 12.1. The third kappa shape index (κ3) is 4.47. The largest absolute Gasteiger partial charge is 0.325 e. The number of carbonyl (C=O) groups is 1. The first-order chi connectivity index (χ1) is 13.4. The Labute approximate surface area is 176 Å². The summed E-state index contributed by atoms with van der Waals surface area (Å²) in [5, 5.41) is 3.64. The molecule has 1 heterocycles. The van der Waals surface area contributed by atoms with E-state index in [2.05, 4.69) is 33.2 Å². The molecular formula is C21H22BrN3O2S. The van der Waals surface area contributed by atoms with Crippen LogP contribution in [0.2, 0.25) is 0 Å². The van der Waals surface area contributed by atoms with Gasteiger partial charge in [0.2, 0.25) is 5.91 Å². The highest BCUT2D eigenvalue weighted by Crippen LogP contribution is 2.25. The van der Waals surface area contributed by atoms with Crippen LogP contribution >= 0.6 is 27.7 Å². The number of benzene rings is 2. The Balaban J connectivity index is 1.83. The molecule has 0 saturated heterocycles. The van der Waals surface area contributed by atoms with Gasteiger partial charge in [0.15, 0.2) is 5.16 Å². The van der Waals surface area contributed by atoms with Gasteiger partial charge in [0.25, 0.3) is 5.56 Å². The fraction of sp³-hybridized carbons (Fsp3) is 0.286. The van der Waals surface area contributed by atoms with Crippen molar-refractivity contribution in [1.82, 2.24) is 9.55 Å². The number of hydrogen-bond acceptors (Lipinski definition) is 4. The van der Waals surface area contributed by atoms with E-state index < -0.39 is 5.25 Å². The SMILES string of the molecule is CCc1ccc(NC(=O)C(C)Sc2nc3ccc(Br)cc3c(=O)n2CC)cc1. The van der Waals surface area contributed by atoms with Gasteiger partial charge < -0.3 is 5.32 Å². The van der Waals surface area contributed by atoms with E-state index in [1.54, 1.807) is 10.6 Å². The number of carbonyl (C=O) groups excluding carboxylic acids is 1. The molecule has 28 heavy (non-hydrogen) atoms. The standard InChI is InChI=1S/C21H22BrN3O2S/c1-4-14-6-9-16(10-7-14)23-19(26)13(3)28-21-24-18-11-8-15(22)12-17(18)20(27)25(21)5-2/h6-13H,4-5H2,1-3H3,(H,23,26). The number of halogens is 1. The van der Waals surface area contributed by atoms with Gasteiger partial charge in [0.05, 0.1) is 16.2 Å². The van der Waals surface area contributed by atoms with Crippen molar-refractivity contribution in [3.05, 3.63) is 62.9 Å². The molecule has 0 aliphatic carbocycles. The van der Waals surface area contributed by atoms with Crippen molar-refractivity contribution in [2.24, 2.45) is 0 Å². The minimum Gasteiger partial charge on any atom is -0.325 e. The fourth-order valence-corrected chi connectivity index (χ4v) is 4.15. The van der Waals surface area contributed by atoms with E-state index in [9.17, 15) is 9.59 Å². The Morgan fingerprint density at radius 1 is 1.21 bits per heavy atom. The second kappa shape index (κ2) is 8.92. The molecular weight excluding hydrogens is 438 g/mol. The lowest BCUT2D eigenvalue weighted by Crippen LogP contribution is -2.26. The van der Waals surface area contributed by atoms with Gasteiger partial charge in [-0.1, -0.05) is 46.7 Å². The summed E-state index contributed by atoms with van der Waals surface area (Å²) >= 11 is 4.69. The molecule has 146 valence electrons. The highest BCUT2D eigenvalue weighted by molar-refractivity contribution is 9.10. The van der Waals surface area contributed by atoms with Crippen LogP contribution in [0.3, 0.4) is 0 Å². The van der Waals surface area contributed by atoms with Gasteiger partial charge in [0.1, 0.15) is 0 Å². The molecule has 1 N–H and O–H groups in total. The number of rotatable bonds is 6. The minimum absolute atomic E-state index is 0.0981. The molecule has 1 aromatic heterocycles. The van der Waals surface area contributed by atoms with Crippen LogP contribution in [-0.2, 0) is 17.8 Å². The first-order valence-corrected chi connectivity index (χ1v) is 10.9. The maximum absolute atomic E-state index is 12.8. The molecule has 0 spiro atoms. The second-order valence-electron chi connectivity index (χ2n) is 6.41. The fourth-order valence-electron chi connectivity index (χ4n) is 2.82. The highest BCUT2D eigenvalue weighted by Gasteiger charge is 2.19. The lowest BCUT2D eigenvalue weighted by Gasteiger charge is -2.15. The first kappa shape index (κ1) is 20.6. The predicted molar refractivity (Wildman–Crippen MR) is 119 cm³/mol. The van der Waals surface area contributed by atoms with Crippen LogP contribution in [0.15, 0.2) is 56.9 Å². The first-order valence-electron chi connectivity index (χ1n) is 9.19. The molecule has 1 amide bonds. The van der Waals surface area contributed by atoms with E-state index in [1.165, 1.54) is 17.3 Å². The third-order valence-electron chi connectivity index (χ3n) is 4.48. The van der Waals surface area contributed by atoms with E-state index in [4.69, 9.17) is 0 Å². The number of nitrogens with zero attached hydrogens (tertiary/aromatic N) is 2. The van der Waals surface area contributed by atoms with Gasteiger partial charge in [-0.25, -0.2) is 4.98 Å². The number of anilines is 1. The van der Waals surface area contributed by atoms with Crippen molar-refractivity contribution < 1.29 is 4.79 Å². The summed E-state index contributed by atoms with van der Waals surface area (Å²) in [6.07, 6.45) is 0.958. The quantitative estimate of drug-likeness (QED) is 0.422. The molecule has 7 heteroatoms. The molecule has 0 aliphatic heterocycles. The van der Waals surface area contributed by atoms with Crippen LogP contribution in [0.4, 0.5) is 5.69 Å². The van der Waals surface area contributed by atoms with E-state index in [0.717, 1.165) is 16.6 Å². The molecule has 0 fully saturated rings. The number of nitrogens with one attached hydrogen (secondary N) is 1. The van der Waals surface area contributed by atoms with E-state index in [0.29, 0.717) is 22.6 Å². The van der Waals surface area contributed by atoms with Crippen LogP contribution in [0.1, 0.15) is 26.3 Å². The van der Waals surface area contributed by atoms with Gasteiger partial charge in [-0.05, 0) is 56.2 Å². The van der Waals surface area contributed by atoms with Crippen molar-refractivity contribution in [3.63, 3.8) is 0 Å². The molecule has 1 unspecified atom stereocenters. The van der Waals surface area contributed by atoms with E-state index >= 15 is 0 Å². The topological polar surface area (TPSA) is 64.0 Å². The molecule has 0 radical (unpaired) electrons.